The number of rotatable bonds is 6. The first-order chi connectivity index (χ1) is 8.10. The van der Waals surface area contributed by atoms with Gasteiger partial charge in [-0.05, 0) is 27.9 Å². The summed E-state index contributed by atoms with van der Waals surface area (Å²) in [6.45, 7) is 6.63. The largest absolute Gasteiger partial charge is 0.351 e. The predicted molar refractivity (Wildman–Crippen MR) is 71.0 cm³/mol. The van der Waals surface area contributed by atoms with E-state index in [0.29, 0.717) is 12.6 Å². The molecule has 0 aliphatic rings. The lowest BCUT2D eigenvalue weighted by molar-refractivity contribution is 0.372. The molecular weight excluding hydrogens is 214 g/mol. The van der Waals surface area contributed by atoms with Crippen molar-refractivity contribution >= 4 is 5.82 Å². The monoisotopic (exact) mass is 237 g/mol. The van der Waals surface area contributed by atoms with Crippen LogP contribution < -0.4 is 10.6 Å². The zero-order valence-electron chi connectivity index (χ0n) is 11.2. The Morgan fingerprint density at radius 3 is 2.47 bits per heavy atom. The van der Waals surface area contributed by atoms with Crippen LogP contribution >= 0.6 is 0 Å². The van der Waals surface area contributed by atoms with E-state index in [9.17, 15) is 0 Å². The van der Waals surface area contributed by atoms with Crippen molar-refractivity contribution in [3.8, 4) is 0 Å². The van der Waals surface area contributed by atoms with E-state index in [0.717, 1.165) is 24.6 Å². The van der Waals surface area contributed by atoms with Gasteiger partial charge >= 0.3 is 0 Å². The molecule has 96 valence electrons. The Morgan fingerprint density at radius 2 is 1.94 bits per heavy atom. The van der Waals surface area contributed by atoms with Crippen LogP contribution in [0.3, 0.4) is 0 Å². The third-order valence-electron chi connectivity index (χ3n) is 2.72. The van der Waals surface area contributed by atoms with E-state index in [-0.39, 0.29) is 0 Å². The van der Waals surface area contributed by atoms with Gasteiger partial charge in [-0.2, -0.15) is 0 Å². The Balaban J connectivity index is 2.92. The first-order valence-corrected chi connectivity index (χ1v) is 6.01. The minimum Gasteiger partial charge on any atom is -0.351 e. The lowest BCUT2D eigenvalue weighted by atomic mass is 10.2. The second kappa shape index (κ2) is 6.51. The maximum atomic E-state index is 5.70. The predicted octanol–water partition coefficient (Wildman–Crippen LogP) is 0.712. The zero-order chi connectivity index (χ0) is 12.8. The van der Waals surface area contributed by atoms with E-state index in [1.54, 1.807) is 12.4 Å². The molecule has 5 heteroatoms. The molecule has 0 radical (unpaired) electrons. The Kier molecular flexibility index (Phi) is 5.31. The summed E-state index contributed by atoms with van der Waals surface area (Å²) in [4.78, 5) is 13.1. The van der Waals surface area contributed by atoms with Crippen LogP contribution in [0.15, 0.2) is 12.4 Å². The van der Waals surface area contributed by atoms with Gasteiger partial charge in [0, 0.05) is 38.1 Å². The standard InChI is InChI=1S/C12H23N5/c1-5-17(10(2)9-16(3)4)12-11(8-13)14-6-7-15-12/h6-7,10H,5,8-9,13H2,1-4H3. The van der Waals surface area contributed by atoms with Crippen molar-refractivity contribution in [1.29, 1.82) is 0 Å². The molecule has 0 aromatic carbocycles. The number of likely N-dealkylation sites (N-methyl/N-ethyl adjacent to an activating group) is 2. The molecule has 0 amide bonds. The summed E-state index contributed by atoms with van der Waals surface area (Å²) in [5.74, 6) is 0.909. The summed E-state index contributed by atoms with van der Waals surface area (Å²) in [6, 6.07) is 0.386. The van der Waals surface area contributed by atoms with Gasteiger partial charge in [0.25, 0.3) is 0 Å². The highest BCUT2D eigenvalue weighted by Gasteiger charge is 2.17. The average Bonchev–Trinajstić information content (AvgIpc) is 2.29. The molecule has 0 aliphatic carbocycles. The summed E-state index contributed by atoms with van der Waals surface area (Å²) in [5.41, 5.74) is 6.57. The van der Waals surface area contributed by atoms with Crippen LogP contribution in [0.5, 0.6) is 0 Å². The quantitative estimate of drug-likeness (QED) is 0.789. The average molecular weight is 237 g/mol. The lowest BCUT2D eigenvalue weighted by Gasteiger charge is -2.31. The van der Waals surface area contributed by atoms with Gasteiger partial charge in [-0.15, -0.1) is 0 Å². The van der Waals surface area contributed by atoms with Crippen molar-refractivity contribution in [1.82, 2.24) is 14.9 Å². The molecule has 2 N–H and O–H groups in total. The van der Waals surface area contributed by atoms with Crippen molar-refractivity contribution < 1.29 is 0 Å². The molecule has 0 saturated carbocycles. The highest BCUT2D eigenvalue weighted by molar-refractivity contribution is 5.43. The van der Waals surface area contributed by atoms with Gasteiger partial charge in [0.2, 0.25) is 0 Å². The highest BCUT2D eigenvalue weighted by atomic mass is 15.2. The number of hydrogen-bond donors (Lipinski definition) is 1. The molecule has 1 aromatic rings. The maximum Gasteiger partial charge on any atom is 0.151 e. The van der Waals surface area contributed by atoms with Gasteiger partial charge in [-0.25, -0.2) is 4.98 Å². The van der Waals surface area contributed by atoms with Gasteiger partial charge in [-0.1, -0.05) is 0 Å². The number of nitrogens with two attached hydrogens (primary N) is 1. The molecule has 0 bridgehead atoms. The number of anilines is 1. The van der Waals surface area contributed by atoms with E-state index in [1.165, 1.54) is 0 Å². The van der Waals surface area contributed by atoms with Gasteiger partial charge in [0.15, 0.2) is 5.82 Å². The Bertz CT molecular complexity index is 339. The smallest absolute Gasteiger partial charge is 0.151 e. The van der Waals surface area contributed by atoms with Gasteiger partial charge in [-0.3, -0.25) is 4.98 Å². The zero-order valence-corrected chi connectivity index (χ0v) is 11.2. The molecule has 1 rings (SSSR count). The second-order valence-corrected chi connectivity index (χ2v) is 4.43. The van der Waals surface area contributed by atoms with Gasteiger partial charge < -0.3 is 15.5 Å². The topological polar surface area (TPSA) is 58.3 Å². The lowest BCUT2D eigenvalue weighted by Crippen LogP contribution is -2.41. The Morgan fingerprint density at radius 1 is 1.29 bits per heavy atom. The summed E-state index contributed by atoms with van der Waals surface area (Å²) >= 11 is 0. The second-order valence-electron chi connectivity index (χ2n) is 4.43. The van der Waals surface area contributed by atoms with E-state index in [1.807, 2.05) is 0 Å². The summed E-state index contributed by atoms with van der Waals surface area (Å²) in [5, 5.41) is 0. The van der Waals surface area contributed by atoms with Crippen LogP contribution in [0.25, 0.3) is 0 Å². The first kappa shape index (κ1) is 13.9. The highest BCUT2D eigenvalue weighted by Crippen LogP contribution is 2.17. The maximum absolute atomic E-state index is 5.70. The molecule has 0 fully saturated rings. The van der Waals surface area contributed by atoms with E-state index >= 15 is 0 Å². The molecule has 1 unspecified atom stereocenters. The van der Waals surface area contributed by atoms with Crippen LogP contribution in [0.1, 0.15) is 19.5 Å². The van der Waals surface area contributed by atoms with Crippen molar-refractivity contribution in [3.05, 3.63) is 18.1 Å². The fourth-order valence-corrected chi connectivity index (χ4v) is 2.04. The summed E-state index contributed by atoms with van der Waals surface area (Å²) in [6.07, 6.45) is 3.41. The fourth-order valence-electron chi connectivity index (χ4n) is 2.04. The number of nitrogens with zero attached hydrogens (tertiary/aromatic N) is 4. The van der Waals surface area contributed by atoms with Crippen molar-refractivity contribution in [3.63, 3.8) is 0 Å². The first-order valence-electron chi connectivity index (χ1n) is 6.01. The minimum atomic E-state index is 0.386. The van der Waals surface area contributed by atoms with Crippen LogP contribution in [0, 0.1) is 0 Å². The van der Waals surface area contributed by atoms with Crippen LogP contribution in [-0.2, 0) is 6.54 Å². The minimum absolute atomic E-state index is 0.386. The molecule has 0 saturated heterocycles. The SMILES string of the molecule is CCN(c1nccnc1CN)C(C)CN(C)C. The molecule has 0 aliphatic heterocycles. The van der Waals surface area contributed by atoms with E-state index < -0.39 is 0 Å². The molecular formula is C12H23N5. The van der Waals surface area contributed by atoms with Crippen LogP contribution in [0.2, 0.25) is 0 Å². The summed E-state index contributed by atoms with van der Waals surface area (Å²) in [7, 11) is 4.15. The van der Waals surface area contributed by atoms with Crippen LogP contribution in [0.4, 0.5) is 5.82 Å². The molecule has 5 nitrogen and oxygen atoms in total. The Labute approximate surface area is 104 Å². The molecule has 0 spiro atoms. The van der Waals surface area contributed by atoms with Crippen LogP contribution in [-0.4, -0.2) is 48.1 Å². The van der Waals surface area contributed by atoms with Crippen molar-refractivity contribution in [2.75, 3.05) is 32.1 Å². The van der Waals surface area contributed by atoms with E-state index in [4.69, 9.17) is 5.73 Å². The third kappa shape index (κ3) is 3.64. The fraction of sp³-hybridized carbons (Fsp3) is 0.667. The van der Waals surface area contributed by atoms with Gasteiger partial charge in [0.05, 0.1) is 5.69 Å². The molecule has 1 heterocycles. The molecule has 1 aromatic heterocycles. The van der Waals surface area contributed by atoms with E-state index in [2.05, 4.69) is 47.7 Å². The third-order valence-corrected chi connectivity index (χ3v) is 2.72. The number of hydrogen-bond acceptors (Lipinski definition) is 5. The van der Waals surface area contributed by atoms with Crippen molar-refractivity contribution in [2.45, 2.75) is 26.4 Å². The van der Waals surface area contributed by atoms with Gasteiger partial charge in [0.1, 0.15) is 0 Å². The molecule has 1 atom stereocenters. The summed E-state index contributed by atoms with van der Waals surface area (Å²) < 4.78 is 0. The Hall–Kier alpha value is -1.20. The molecule has 17 heavy (non-hydrogen) atoms. The van der Waals surface area contributed by atoms with Crippen molar-refractivity contribution in [2.24, 2.45) is 5.73 Å². The number of aromatic nitrogens is 2. The normalized spacial score (nSPS) is 12.8.